The van der Waals surface area contributed by atoms with Crippen molar-refractivity contribution >= 4 is 0 Å². The Bertz CT molecular complexity index is 113. The van der Waals surface area contributed by atoms with E-state index in [0.717, 1.165) is 19.0 Å². The van der Waals surface area contributed by atoms with Crippen LogP contribution < -0.4 is 5.73 Å². The fourth-order valence-electron chi connectivity index (χ4n) is 1.83. The van der Waals surface area contributed by atoms with E-state index in [0.29, 0.717) is 5.92 Å². The van der Waals surface area contributed by atoms with Gasteiger partial charge in [0.15, 0.2) is 0 Å². The fraction of sp³-hybridized carbons (Fsp3) is 1.00. The Morgan fingerprint density at radius 3 is 2.31 bits per heavy atom. The molecule has 0 bridgehead atoms. The molecule has 80 valence electrons. The highest BCUT2D eigenvalue weighted by Crippen LogP contribution is 2.11. The molecule has 0 fully saturated rings. The van der Waals surface area contributed by atoms with Crippen LogP contribution >= 0.6 is 0 Å². The van der Waals surface area contributed by atoms with E-state index in [1.54, 1.807) is 0 Å². The van der Waals surface area contributed by atoms with Crippen molar-refractivity contribution in [3.05, 3.63) is 0 Å². The summed E-state index contributed by atoms with van der Waals surface area (Å²) in [4.78, 5) is 2.39. The standard InChI is InChI=1S/C11H26N2/c1-5-6-13(4)9-11(8-12)7-10(2)3/h10-11H,5-9,12H2,1-4H3. The van der Waals surface area contributed by atoms with Gasteiger partial charge in [-0.25, -0.2) is 0 Å². The van der Waals surface area contributed by atoms with Crippen molar-refractivity contribution in [1.29, 1.82) is 0 Å². The summed E-state index contributed by atoms with van der Waals surface area (Å²) in [6.07, 6.45) is 2.49. The lowest BCUT2D eigenvalue weighted by Gasteiger charge is -2.23. The monoisotopic (exact) mass is 186 g/mol. The van der Waals surface area contributed by atoms with Crippen LogP contribution in [0.5, 0.6) is 0 Å². The number of nitrogens with two attached hydrogens (primary N) is 1. The molecule has 0 spiro atoms. The zero-order chi connectivity index (χ0) is 10.3. The highest BCUT2D eigenvalue weighted by Gasteiger charge is 2.10. The van der Waals surface area contributed by atoms with Gasteiger partial charge in [0.05, 0.1) is 0 Å². The smallest absolute Gasteiger partial charge is 0.00188 e. The molecule has 0 aromatic heterocycles. The molecule has 2 nitrogen and oxygen atoms in total. The highest BCUT2D eigenvalue weighted by molar-refractivity contribution is 4.66. The molecule has 0 aliphatic rings. The molecule has 1 unspecified atom stereocenters. The third-order valence-corrected chi connectivity index (χ3v) is 2.31. The van der Waals surface area contributed by atoms with E-state index in [-0.39, 0.29) is 0 Å². The van der Waals surface area contributed by atoms with Crippen LogP contribution in [0.15, 0.2) is 0 Å². The molecule has 0 saturated heterocycles. The zero-order valence-electron chi connectivity index (χ0n) is 9.71. The molecule has 0 rings (SSSR count). The Morgan fingerprint density at radius 2 is 1.92 bits per heavy atom. The molecule has 0 saturated carbocycles. The van der Waals surface area contributed by atoms with Crippen molar-refractivity contribution in [2.45, 2.75) is 33.6 Å². The SMILES string of the molecule is CCCN(C)CC(CN)CC(C)C. The first kappa shape index (κ1) is 12.9. The first-order valence-electron chi connectivity index (χ1n) is 5.48. The van der Waals surface area contributed by atoms with Gasteiger partial charge in [-0.1, -0.05) is 20.8 Å². The van der Waals surface area contributed by atoms with Crippen molar-refractivity contribution in [2.24, 2.45) is 17.6 Å². The van der Waals surface area contributed by atoms with Crippen molar-refractivity contribution in [1.82, 2.24) is 4.90 Å². The van der Waals surface area contributed by atoms with Gasteiger partial charge in [0, 0.05) is 6.54 Å². The summed E-state index contributed by atoms with van der Waals surface area (Å²) >= 11 is 0. The molecule has 0 amide bonds. The summed E-state index contributed by atoms with van der Waals surface area (Å²) in [6.45, 7) is 9.92. The second-order valence-corrected chi connectivity index (χ2v) is 4.49. The first-order chi connectivity index (χ1) is 6.10. The molecule has 0 heterocycles. The summed E-state index contributed by atoms with van der Waals surface area (Å²) < 4.78 is 0. The Morgan fingerprint density at radius 1 is 1.31 bits per heavy atom. The average Bonchev–Trinajstić information content (AvgIpc) is 2.02. The topological polar surface area (TPSA) is 29.3 Å². The van der Waals surface area contributed by atoms with Gasteiger partial charge in [-0.05, 0) is 44.8 Å². The molecule has 1 atom stereocenters. The Labute approximate surface area is 83.5 Å². The van der Waals surface area contributed by atoms with Crippen LogP contribution in [0.4, 0.5) is 0 Å². The van der Waals surface area contributed by atoms with Crippen LogP contribution in [-0.2, 0) is 0 Å². The molecule has 0 aliphatic carbocycles. The summed E-state index contributed by atoms with van der Waals surface area (Å²) in [5.74, 6) is 1.44. The summed E-state index contributed by atoms with van der Waals surface area (Å²) in [5.41, 5.74) is 5.74. The van der Waals surface area contributed by atoms with Crippen molar-refractivity contribution in [2.75, 3.05) is 26.7 Å². The first-order valence-corrected chi connectivity index (χ1v) is 5.48. The van der Waals surface area contributed by atoms with Crippen LogP contribution in [0, 0.1) is 11.8 Å². The Balaban J connectivity index is 3.69. The number of hydrogen-bond acceptors (Lipinski definition) is 2. The lowest BCUT2D eigenvalue weighted by molar-refractivity contribution is 0.256. The predicted molar refractivity (Wildman–Crippen MR) is 59.8 cm³/mol. The molecule has 0 aromatic rings. The summed E-state index contributed by atoms with van der Waals surface area (Å²) in [6, 6.07) is 0. The van der Waals surface area contributed by atoms with Gasteiger partial charge in [-0.15, -0.1) is 0 Å². The number of hydrogen-bond donors (Lipinski definition) is 1. The van der Waals surface area contributed by atoms with Gasteiger partial charge >= 0.3 is 0 Å². The lowest BCUT2D eigenvalue weighted by atomic mass is 9.97. The van der Waals surface area contributed by atoms with Crippen LogP contribution in [-0.4, -0.2) is 31.6 Å². The maximum absolute atomic E-state index is 5.74. The molecule has 2 N–H and O–H groups in total. The molecular formula is C11H26N2. The van der Waals surface area contributed by atoms with Gasteiger partial charge in [-0.3, -0.25) is 0 Å². The summed E-state index contributed by atoms with van der Waals surface area (Å²) in [7, 11) is 2.19. The zero-order valence-corrected chi connectivity index (χ0v) is 9.71. The largest absolute Gasteiger partial charge is 0.330 e. The van der Waals surface area contributed by atoms with Crippen LogP contribution in [0.2, 0.25) is 0 Å². The minimum atomic E-state index is 0.677. The van der Waals surface area contributed by atoms with E-state index < -0.39 is 0 Å². The van der Waals surface area contributed by atoms with Gasteiger partial charge < -0.3 is 10.6 Å². The van der Waals surface area contributed by atoms with Gasteiger partial charge in [-0.2, -0.15) is 0 Å². The minimum absolute atomic E-state index is 0.677. The maximum Gasteiger partial charge on any atom is 0.00188 e. The third-order valence-electron chi connectivity index (χ3n) is 2.31. The van der Waals surface area contributed by atoms with E-state index >= 15 is 0 Å². The van der Waals surface area contributed by atoms with E-state index in [4.69, 9.17) is 5.73 Å². The van der Waals surface area contributed by atoms with E-state index in [2.05, 4.69) is 32.7 Å². The fourth-order valence-corrected chi connectivity index (χ4v) is 1.83. The second kappa shape index (κ2) is 7.34. The molecule has 0 aliphatic heterocycles. The molecule has 0 radical (unpaired) electrons. The van der Waals surface area contributed by atoms with Gasteiger partial charge in [0.2, 0.25) is 0 Å². The van der Waals surface area contributed by atoms with Gasteiger partial charge in [0.25, 0.3) is 0 Å². The molecule has 13 heavy (non-hydrogen) atoms. The highest BCUT2D eigenvalue weighted by atomic mass is 15.1. The quantitative estimate of drug-likeness (QED) is 0.658. The average molecular weight is 186 g/mol. The number of nitrogens with zero attached hydrogens (tertiary/aromatic N) is 1. The van der Waals surface area contributed by atoms with Crippen LogP contribution in [0.25, 0.3) is 0 Å². The minimum Gasteiger partial charge on any atom is -0.330 e. The van der Waals surface area contributed by atoms with E-state index in [9.17, 15) is 0 Å². The Hall–Kier alpha value is -0.0800. The molecule has 2 heteroatoms. The Kier molecular flexibility index (Phi) is 7.29. The normalized spacial score (nSPS) is 14.1. The van der Waals surface area contributed by atoms with Crippen LogP contribution in [0.3, 0.4) is 0 Å². The molecular weight excluding hydrogens is 160 g/mol. The van der Waals surface area contributed by atoms with Crippen molar-refractivity contribution < 1.29 is 0 Å². The maximum atomic E-state index is 5.74. The van der Waals surface area contributed by atoms with E-state index in [1.807, 2.05) is 0 Å². The van der Waals surface area contributed by atoms with Crippen molar-refractivity contribution in [3.8, 4) is 0 Å². The third kappa shape index (κ3) is 7.03. The van der Waals surface area contributed by atoms with Crippen molar-refractivity contribution in [3.63, 3.8) is 0 Å². The second-order valence-electron chi connectivity index (χ2n) is 4.49. The van der Waals surface area contributed by atoms with E-state index in [1.165, 1.54) is 19.4 Å². The predicted octanol–water partition coefficient (Wildman–Crippen LogP) is 1.95. The molecule has 0 aromatic carbocycles. The van der Waals surface area contributed by atoms with Crippen LogP contribution in [0.1, 0.15) is 33.6 Å². The summed E-state index contributed by atoms with van der Waals surface area (Å²) in [5, 5.41) is 0. The lowest BCUT2D eigenvalue weighted by Crippen LogP contribution is -2.31. The number of rotatable bonds is 7. The van der Waals surface area contributed by atoms with Gasteiger partial charge in [0.1, 0.15) is 0 Å².